The minimum atomic E-state index is -1.38. The lowest BCUT2D eigenvalue weighted by Crippen LogP contribution is -2.30. The molecule has 0 heterocycles. The molecule has 0 aromatic heterocycles. The quantitative estimate of drug-likeness (QED) is 0.620. The fourth-order valence-corrected chi connectivity index (χ4v) is 2.19. The summed E-state index contributed by atoms with van der Waals surface area (Å²) in [5.41, 5.74) is 0. The van der Waals surface area contributed by atoms with E-state index >= 15 is 0 Å². The van der Waals surface area contributed by atoms with E-state index in [4.69, 9.17) is 10.2 Å². The molecule has 0 saturated heterocycles. The van der Waals surface area contributed by atoms with Gasteiger partial charge in [0.25, 0.3) is 0 Å². The number of aliphatic hydroxyl groups is 1. The normalized spacial score (nSPS) is 17.9. The van der Waals surface area contributed by atoms with E-state index in [9.17, 15) is 9.59 Å². The van der Waals surface area contributed by atoms with Gasteiger partial charge < -0.3 is 15.5 Å². The number of hydrogen-bond donors (Lipinski definition) is 3. The van der Waals surface area contributed by atoms with E-state index in [1.54, 1.807) is 0 Å². The third-order valence-electron chi connectivity index (χ3n) is 3.28. The molecule has 98 valence electrons. The van der Waals surface area contributed by atoms with Crippen molar-refractivity contribution in [3.05, 3.63) is 0 Å². The minimum Gasteiger partial charge on any atom is -0.479 e. The summed E-state index contributed by atoms with van der Waals surface area (Å²) in [7, 11) is 0. The molecular formula is C12H21NO4. The maximum Gasteiger partial charge on any atom is 0.332 e. The molecule has 0 aromatic rings. The largest absolute Gasteiger partial charge is 0.479 e. The molecule has 1 amide bonds. The van der Waals surface area contributed by atoms with Crippen molar-refractivity contribution in [2.75, 3.05) is 6.54 Å². The number of carboxylic acids is 1. The summed E-state index contributed by atoms with van der Waals surface area (Å²) >= 11 is 0. The van der Waals surface area contributed by atoms with Crippen molar-refractivity contribution in [1.29, 1.82) is 0 Å². The molecule has 5 heteroatoms. The van der Waals surface area contributed by atoms with Crippen LogP contribution in [0.3, 0.4) is 0 Å². The standard InChI is InChI=1S/C12H21NO4/c14-10(12(16)17)7-8-13-11(15)6-5-9-3-1-2-4-9/h9-10,14H,1-8H2,(H,13,15)(H,16,17)/t10-/m0/s1. The van der Waals surface area contributed by atoms with Crippen LogP contribution in [0.1, 0.15) is 44.9 Å². The maximum atomic E-state index is 11.4. The van der Waals surface area contributed by atoms with Crippen LogP contribution >= 0.6 is 0 Å². The van der Waals surface area contributed by atoms with E-state index in [-0.39, 0.29) is 18.9 Å². The SMILES string of the molecule is O=C(CCC1CCCC1)NCC[C@H](O)C(=O)O. The third-order valence-corrected chi connectivity index (χ3v) is 3.28. The molecule has 0 spiro atoms. The van der Waals surface area contributed by atoms with Crippen LogP contribution in [0.2, 0.25) is 0 Å². The highest BCUT2D eigenvalue weighted by atomic mass is 16.4. The lowest BCUT2D eigenvalue weighted by molar-refractivity contribution is -0.147. The number of hydrogen-bond acceptors (Lipinski definition) is 3. The first-order valence-corrected chi connectivity index (χ1v) is 6.27. The molecule has 5 nitrogen and oxygen atoms in total. The number of nitrogens with one attached hydrogen (secondary N) is 1. The molecule has 1 aliphatic rings. The van der Waals surface area contributed by atoms with Crippen molar-refractivity contribution in [1.82, 2.24) is 5.32 Å². The number of carbonyl (C=O) groups excluding carboxylic acids is 1. The highest BCUT2D eigenvalue weighted by Crippen LogP contribution is 2.28. The van der Waals surface area contributed by atoms with Crippen LogP contribution in [0.15, 0.2) is 0 Å². The Bertz CT molecular complexity index is 261. The van der Waals surface area contributed by atoms with Crippen molar-refractivity contribution in [2.24, 2.45) is 5.92 Å². The Morgan fingerprint density at radius 2 is 1.94 bits per heavy atom. The third kappa shape index (κ3) is 5.68. The molecule has 1 fully saturated rings. The Labute approximate surface area is 101 Å². The molecule has 1 saturated carbocycles. The van der Waals surface area contributed by atoms with Crippen LogP contribution in [0.5, 0.6) is 0 Å². The number of aliphatic carboxylic acids is 1. The average Bonchev–Trinajstić information content (AvgIpc) is 2.78. The second-order valence-corrected chi connectivity index (χ2v) is 4.68. The molecular weight excluding hydrogens is 222 g/mol. The summed E-state index contributed by atoms with van der Waals surface area (Å²) in [5.74, 6) is -0.606. The number of carboxylic acid groups (broad SMARTS) is 1. The molecule has 0 radical (unpaired) electrons. The van der Waals surface area contributed by atoms with Crippen LogP contribution in [-0.2, 0) is 9.59 Å². The van der Waals surface area contributed by atoms with Crippen molar-refractivity contribution in [3.8, 4) is 0 Å². The van der Waals surface area contributed by atoms with E-state index < -0.39 is 12.1 Å². The zero-order valence-electron chi connectivity index (χ0n) is 10.0. The second-order valence-electron chi connectivity index (χ2n) is 4.68. The number of rotatable bonds is 7. The second kappa shape index (κ2) is 7.27. The molecule has 1 atom stereocenters. The van der Waals surface area contributed by atoms with Crippen LogP contribution in [0.25, 0.3) is 0 Å². The lowest BCUT2D eigenvalue weighted by Gasteiger charge is -2.10. The highest BCUT2D eigenvalue weighted by Gasteiger charge is 2.16. The van der Waals surface area contributed by atoms with Gasteiger partial charge in [0, 0.05) is 19.4 Å². The van der Waals surface area contributed by atoms with E-state index in [1.165, 1.54) is 25.7 Å². The number of amides is 1. The Kier molecular flexibility index (Phi) is 5.97. The average molecular weight is 243 g/mol. The molecule has 0 unspecified atom stereocenters. The van der Waals surface area contributed by atoms with Crippen LogP contribution in [0.4, 0.5) is 0 Å². The molecule has 0 aliphatic heterocycles. The molecule has 1 rings (SSSR count). The molecule has 0 bridgehead atoms. The van der Waals surface area contributed by atoms with Gasteiger partial charge in [0.1, 0.15) is 0 Å². The summed E-state index contributed by atoms with van der Waals surface area (Å²) < 4.78 is 0. The molecule has 0 aromatic carbocycles. The Morgan fingerprint density at radius 3 is 2.53 bits per heavy atom. The first-order chi connectivity index (χ1) is 8.09. The fourth-order valence-electron chi connectivity index (χ4n) is 2.19. The summed E-state index contributed by atoms with van der Waals surface area (Å²) in [6, 6.07) is 0. The van der Waals surface area contributed by atoms with Crippen LogP contribution < -0.4 is 5.32 Å². The fraction of sp³-hybridized carbons (Fsp3) is 0.833. The number of carbonyl (C=O) groups is 2. The summed E-state index contributed by atoms with van der Waals surface area (Å²) in [6.07, 6.45) is 5.11. The van der Waals surface area contributed by atoms with E-state index in [2.05, 4.69) is 5.32 Å². The van der Waals surface area contributed by atoms with Crippen molar-refractivity contribution < 1.29 is 19.8 Å². The monoisotopic (exact) mass is 243 g/mol. The smallest absolute Gasteiger partial charge is 0.332 e. The van der Waals surface area contributed by atoms with E-state index in [0.717, 1.165) is 6.42 Å². The van der Waals surface area contributed by atoms with Crippen LogP contribution in [-0.4, -0.2) is 34.7 Å². The number of aliphatic hydroxyl groups excluding tert-OH is 1. The Balaban J connectivity index is 2.02. The summed E-state index contributed by atoms with van der Waals surface area (Å²) in [4.78, 5) is 21.7. The molecule has 17 heavy (non-hydrogen) atoms. The van der Waals surface area contributed by atoms with Gasteiger partial charge in [-0.1, -0.05) is 25.7 Å². The van der Waals surface area contributed by atoms with Gasteiger partial charge in [0.2, 0.25) is 5.91 Å². The van der Waals surface area contributed by atoms with E-state index in [0.29, 0.717) is 12.3 Å². The predicted octanol–water partition coefficient (Wildman–Crippen LogP) is 0.909. The van der Waals surface area contributed by atoms with Gasteiger partial charge in [-0.05, 0) is 12.3 Å². The first kappa shape index (κ1) is 14.0. The minimum absolute atomic E-state index is 0.0468. The van der Waals surface area contributed by atoms with Gasteiger partial charge in [-0.3, -0.25) is 4.79 Å². The van der Waals surface area contributed by atoms with Crippen molar-refractivity contribution in [3.63, 3.8) is 0 Å². The Morgan fingerprint density at radius 1 is 1.29 bits per heavy atom. The van der Waals surface area contributed by atoms with Crippen molar-refractivity contribution in [2.45, 2.75) is 51.0 Å². The molecule has 1 aliphatic carbocycles. The Hall–Kier alpha value is -1.10. The topological polar surface area (TPSA) is 86.6 Å². The zero-order valence-corrected chi connectivity index (χ0v) is 10.0. The van der Waals surface area contributed by atoms with Gasteiger partial charge in [-0.2, -0.15) is 0 Å². The first-order valence-electron chi connectivity index (χ1n) is 6.27. The summed E-state index contributed by atoms with van der Waals surface area (Å²) in [6.45, 7) is 0.219. The van der Waals surface area contributed by atoms with Gasteiger partial charge in [-0.25, -0.2) is 4.79 Å². The predicted molar refractivity (Wildman–Crippen MR) is 62.5 cm³/mol. The van der Waals surface area contributed by atoms with Crippen molar-refractivity contribution >= 4 is 11.9 Å². The van der Waals surface area contributed by atoms with Gasteiger partial charge >= 0.3 is 5.97 Å². The van der Waals surface area contributed by atoms with E-state index in [1.807, 2.05) is 0 Å². The van der Waals surface area contributed by atoms with Gasteiger partial charge in [0.05, 0.1) is 0 Å². The van der Waals surface area contributed by atoms with Gasteiger partial charge in [-0.15, -0.1) is 0 Å². The van der Waals surface area contributed by atoms with Crippen LogP contribution in [0, 0.1) is 5.92 Å². The lowest BCUT2D eigenvalue weighted by atomic mass is 10.0. The maximum absolute atomic E-state index is 11.4. The zero-order chi connectivity index (χ0) is 12.7. The van der Waals surface area contributed by atoms with Gasteiger partial charge in [0.15, 0.2) is 6.10 Å². The molecule has 3 N–H and O–H groups in total. The summed E-state index contributed by atoms with van der Waals surface area (Å²) in [5, 5.41) is 20.1. The highest BCUT2D eigenvalue weighted by molar-refractivity contribution is 5.76.